The maximum absolute atomic E-state index is 11.4. The highest BCUT2D eigenvalue weighted by Gasteiger charge is 2.26. The van der Waals surface area contributed by atoms with Crippen LogP contribution in [0.2, 0.25) is 0 Å². The standard InChI is InChI=1S/C21H23N7O2/c1-27-8-10-28(11-9-27)15-5-3-14(4-6-15)23-21-22-12-13-2-7-16-18(17(13)24-21)25-26-19(16)20(29)30/h3-6,12H,2,7-11H2,1H3,(H,25,26)(H,29,30)(H,22,23,24). The number of aromatic amines is 1. The van der Waals surface area contributed by atoms with E-state index in [1.54, 1.807) is 6.20 Å². The maximum Gasteiger partial charge on any atom is 0.354 e. The molecule has 2 aromatic heterocycles. The van der Waals surface area contributed by atoms with E-state index in [1.165, 1.54) is 5.69 Å². The number of aromatic nitrogens is 4. The second-order valence-electron chi connectivity index (χ2n) is 7.76. The molecule has 154 valence electrons. The second-order valence-corrected chi connectivity index (χ2v) is 7.76. The molecule has 0 saturated carbocycles. The van der Waals surface area contributed by atoms with Crippen LogP contribution in [0.5, 0.6) is 0 Å². The van der Waals surface area contributed by atoms with Crippen LogP contribution in [0.15, 0.2) is 30.5 Å². The largest absolute Gasteiger partial charge is 0.477 e. The van der Waals surface area contributed by atoms with Crippen molar-refractivity contribution in [1.82, 2.24) is 25.1 Å². The Kier molecular flexibility index (Phi) is 4.59. The molecule has 9 nitrogen and oxygen atoms in total. The third kappa shape index (κ3) is 3.37. The van der Waals surface area contributed by atoms with Crippen molar-refractivity contribution in [1.29, 1.82) is 0 Å². The molecule has 3 N–H and O–H groups in total. The third-order valence-electron chi connectivity index (χ3n) is 5.81. The predicted octanol–water partition coefficient (Wildman–Crippen LogP) is 2.16. The lowest BCUT2D eigenvalue weighted by atomic mass is 9.93. The van der Waals surface area contributed by atoms with Gasteiger partial charge < -0.3 is 20.2 Å². The van der Waals surface area contributed by atoms with E-state index in [-0.39, 0.29) is 5.69 Å². The SMILES string of the molecule is CN1CCN(c2ccc(Nc3ncc4c(n3)-c3n[nH]c(C(=O)O)c3CC4)cc2)CC1. The topological polar surface area (TPSA) is 110 Å². The van der Waals surface area contributed by atoms with E-state index >= 15 is 0 Å². The number of H-pyrrole nitrogens is 1. The first kappa shape index (κ1) is 18.6. The van der Waals surface area contributed by atoms with E-state index in [0.717, 1.165) is 37.4 Å². The summed E-state index contributed by atoms with van der Waals surface area (Å²) in [6, 6.07) is 8.27. The molecule has 30 heavy (non-hydrogen) atoms. The number of carboxylic acids is 1. The van der Waals surface area contributed by atoms with Gasteiger partial charge in [-0.2, -0.15) is 5.10 Å². The van der Waals surface area contributed by atoms with Gasteiger partial charge in [0.2, 0.25) is 5.95 Å². The molecule has 0 amide bonds. The molecular formula is C21H23N7O2. The highest BCUT2D eigenvalue weighted by atomic mass is 16.4. The second kappa shape index (κ2) is 7.42. The summed E-state index contributed by atoms with van der Waals surface area (Å²) in [7, 11) is 2.15. The average Bonchev–Trinajstić information content (AvgIpc) is 3.20. The van der Waals surface area contributed by atoms with Gasteiger partial charge in [0.15, 0.2) is 0 Å². The van der Waals surface area contributed by atoms with Crippen LogP contribution in [0.4, 0.5) is 17.3 Å². The molecule has 1 aliphatic carbocycles. The minimum atomic E-state index is -1.000. The van der Waals surface area contributed by atoms with Crippen molar-refractivity contribution in [3.05, 3.63) is 47.3 Å². The molecule has 5 rings (SSSR count). The zero-order chi connectivity index (χ0) is 20.7. The van der Waals surface area contributed by atoms with Crippen LogP contribution in [0.3, 0.4) is 0 Å². The highest BCUT2D eigenvalue weighted by molar-refractivity contribution is 5.90. The third-order valence-corrected chi connectivity index (χ3v) is 5.81. The number of anilines is 3. The van der Waals surface area contributed by atoms with E-state index in [1.807, 2.05) is 12.1 Å². The molecule has 0 bridgehead atoms. The Balaban J connectivity index is 1.36. The van der Waals surface area contributed by atoms with Crippen molar-refractivity contribution in [2.24, 2.45) is 0 Å². The Hall–Kier alpha value is -3.46. The number of carbonyl (C=O) groups is 1. The number of aromatic carboxylic acids is 1. The van der Waals surface area contributed by atoms with Gasteiger partial charge in [-0.25, -0.2) is 14.8 Å². The number of likely N-dealkylation sites (N-methyl/N-ethyl adjacent to an activating group) is 1. The molecule has 0 spiro atoms. The van der Waals surface area contributed by atoms with Gasteiger partial charge in [0.25, 0.3) is 0 Å². The predicted molar refractivity (Wildman–Crippen MR) is 113 cm³/mol. The molecule has 3 heterocycles. The lowest BCUT2D eigenvalue weighted by Gasteiger charge is -2.34. The van der Waals surface area contributed by atoms with Crippen molar-refractivity contribution >= 4 is 23.3 Å². The Bertz CT molecular complexity index is 1090. The molecule has 0 unspecified atom stereocenters. The summed E-state index contributed by atoms with van der Waals surface area (Å²) < 4.78 is 0. The summed E-state index contributed by atoms with van der Waals surface area (Å²) >= 11 is 0. The molecular weight excluding hydrogens is 382 g/mol. The van der Waals surface area contributed by atoms with Gasteiger partial charge >= 0.3 is 5.97 Å². The first-order chi connectivity index (χ1) is 14.6. The number of benzene rings is 1. The van der Waals surface area contributed by atoms with Crippen molar-refractivity contribution in [3.63, 3.8) is 0 Å². The lowest BCUT2D eigenvalue weighted by molar-refractivity contribution is 0.0689. The van der Waals surface area contributed by atoms with Gasteiger partial charge in [-0.1, -0.05) is 0 Å². The fraction of sp³-hybridized carbons (Fsp3) is 0.333. The summed E-state index contributed by atoms with van der Waals surface area (Å²) in [5.41, 5.74) is 5.22. The summed E-state index contributed by atoms with van der Waals surface area (Å²) in [6.07, 6.45) is 3.10. The first-order valence-electron chi connectivity index (χ1n) is 10.1. The highest BCUT2D eigenvalue weighted by Crippen LogP contribution is 2.32. The van der Waals surface area contributed by atoms with Gasteiger partial charge in [0.1, 0.15) is 11.4 Å². The molecule has 1 aliphatic heterocycles. The molecule has 0 radical (unpaired) electrons. The minimum Gasteiger partial charge on any atom is -0.477 e. The monoisotopic (exact) mass is 405 g/mol. The van der Waals surface area contributed by atoms with Gasteiger partial charge in [0.05, 0.1) is 5.69 Å². The van der Waals surface area contributed by atoms with E-state index in [0.29, 0.717) is 35.7 Å². The van der Waals surface area contributed by atoms with E-state index in [9.17, 15) is 9.90 Å². The van der Waals surface area contributed by atoms with E-state index < -0.39 is 5.97 Å². The molecule has 1 aromatic carbocycles. The summed E-state index contributed by atoms with van der Waals surface area (Å²) in [5, 5.41) is 19.4. The normalized spacial score (nSPS) is 16.1. The molecule has 0 atom stereocenters. The summed E-state index contributed by atoms with van der Waals surface area (Å²) in [6.45, 7) is 4.20. The number of nitrogens with zero attached hydrogens (tertiary/aromatic N) is 5. The molecule has 1 fully saturated rings. The van der Waals surface area contributed by atoms with E-state index in [2.05, 4.69) is 54.5 Å². The number of carboxylic acid groups (broad SMARTS) is 1. The number of fused-ring (bicyclic) bond motifs is 3. The van der Waals surface area contributed by atoms with Gasteiger partial charge in [-0.05, 0) is 49.7 Å². The van der Waals surface area contributed by atoms with Crippen LogP contribution in [-0.4, -0.2) is 69.4 Å². The van der Waals surface area contributed by atoms with Crippen LogP contribution in [0, 0.1) is 0 Å². The van der Waals surface area contributed by atoms with Gasteiger partial charge in [-0.3, -0.25) is 5.10 Å². The van der Waals surface area contributed by atoms with Crippen molar-refractivity contribution in [2.75, 3.05) is 43.4 Å². The number of nitrogens with one attached hydrogen (secondary N) is 2. The van der Waals surface area contributed by atoms with Crippen LogP contribution >= 0.6 is 0 Å². The quantitative estimate of drug-likeness (QED) is 0.606. The van der Waals surface area contributed by atoms with Crippen LogP contribution in [-0.2, 0) is 12.8 Å². The number of piperazine rings is 1. The molecule has 3 aromatic rings. The van der Waals surface area contributed by atoms with Crippen molar-refractivity contribution < 1.29 is 9.90 Å². The summed E-state index contributed by atoms with van der Waals surface area (Å²) in [5.74, 6) is -0.533. The van der Waals surface area contributed by atoms with Crippen molar-refractivity contribution in [2.45, 2.75) is 12.8 Å². The van der Waals surface area contributed by atoms with Gasteiger partial charge in [-0.15, -0.1) is 0 Å². The van der Waals surface area contributed by atoms with Crippen molar-refractivity contribution in [3.8, 4) is 11.4 Å². The van der Waals surface area contributed by atoms with E-state index in [4.69, 9.17) is 0 Å². The Morgan fingerprint density at radius 1 is 1.10 bits per heavy atom. The Labute approximate surface area is 173 Å². The number of hydrogen-bond acceptors (Lipinski definition) is 7. The first-order valence-corrected chi connectivity index (χ1v) is 10.1. The maximum atomic E-state index is 11.4. The lowest BCUT2D eigenvalue weighted by Crippen LogP contribution is -2.44. The molecule has 2 aliphatic rings. The zero-order valence-electron chi connectivity index (χ0n) is 16.7. The fourth-order valence-electron chi connectivity index (χ4n) is 4.05. The van der Waals surface area contributed by atoms with Crippen LogP contribution in [0.1, 0.15) is 21.6 Å². The fourth-order valence-corrected chi connectivity index (χ4v) is 4.05. The van der Waals surface area contributed by atoms with Crippen LogP contribution in [0.25, 0.3) is 11.4 Å². The number of hydrogen-bond donors (Lipinski definition) is 3. The Morgan fingerprint density at radius 2 is 1.87 bits per heavy atom. The minimum absolute atomic E-state index is 0.142. The molecule has 9 heteroatoms. The van der Waals surface area contributed by atoms with Gasteiger partial charge in [0, 0.05) is 49.3 Å². The van der Waals surface area contributed by atoms with Crippen LogP contribution < -0.4 is 10.2 Å². The smallest absolute Gasteiger partial charge is 0.354 e. The summed E-state index contributed by atoms with van der Waals surface area (Å²) in [4.78, 5) is 25.2. The number of aryl methyl sites for hydroxylation is 1. The zero-order valence-corrected chi connectivity index (χ0v) is 16.7. The Morgan fingerprint density at radius 3 is 2.60 bits per heavy atom. The number of rotatable bonds is 4. The molecule has 1 saturated heterocycles. The average molecular weight is 405 g/mol.